The van der Waals surface area contributed by atoms with Gasteiger partial charge in [0.25, 0.3) is 0 Å². The molecule has 1 spiro atoms. The van der Waals surface area contributed by atoms with Gasteiger partial charge in [-0.3, -0.25) is 0 Å². The Morgan fingerprint density at radius 3 is 1.41 bits per heavy atom. The van der Waals surface area contributed by atoms with Crippen molar-refractivity contribution in [2.45, 2.75) is 104 Å². The van der Waals surface area contributed by atoms with Crippen LogP contribution < -0.4 is 0 Å². The maximum absolute atomic E-state index is 2.46. The molecule has 0 radical (unpaired) electrons. The molecule has 4 aliphatic carbocycles. The van der Waals surface area contributed by atoms with E-state index in [9.17, 15) is 0 Å². The molecule has 0 aliphatic heterocycles. The first-order chi connectivity index (χ1) is 21.4. The normalized spacial score (nSPS) is 26.5. The van der Waals surface area contributed by atoms with Crippen molar-refractivity contribution in [1.82, 2.24) is 0 Å². The van der Waals surface area contributed by atoms with Gasteiger partial charge in [0.15, 0.2) is 0 Å². The van der Waals surface area contributed by atoms with Crippen LogP contribution in [-0.4, -0.2) is 0 Å². The topological polar surface area (TPSA) is 0 Å². The van der Waals surface area contributed by atoms with Crippen molar-refractivity contribution in [2.75, 3.05) is 0 Å². The molecule has 2 fully saturated rings. The predicted molar refractivity (Wildman–Crippen MR) is 187 cm³/mol. The van der Waals surface area contributed by atoms with E-state index in [1.165, 1.54) is 92.9 Å². The van der Waals surface area contributed by atoms with Crippen molar-refractivity contribution in [3.05, 3.63) is 141 Å². The number of hydrogen-bond acceptors (Lipinski definition) is 0. The van der Waals surface area contributed by atoms with Gasteiger partial charge in [-0.25, -0.2) is 0 Å². The van der Waals surface area contributed by atoms with Crippen molar-refractivity contribution in [3.8, 4) is 0 Å². The summed E-state index contributed by atoms with van der Waals surface area (Å²) >= 11 is 0. The first-order valence-electron chi connectivity index (χ1n) is 17.7. The van der Waals surface area contributed by atoms with Gasteiger partial charge in [-0.2, -0.15) is 0 Å². The Morgan fingerprint density at radius 2 is 0.932 bits per heavy atom. The highest BCUT2D eigenvalue weighted by molar-refractivity contribution is 5.59. The van der Waals surface area contributed by atoms with Gasteiger partial charge in [-0.15, -0.1) is 0 Å². The molecule has 8 rings (SSSR count). The van der Waals surface area contributed by atoms with Crippen LogP contribution in [0.15, 0.2) is 84.9 Å². The second-order valence-corrected chi connectivity index (χ2v) is 15.0. The highest BCUT2D eigenvalue weighted by Gasteiger charge is 2.58. The molecular weight excluding hydrogens is 528 g/mol. The molecule has 0 heteroatoms. The van der Waals surface area contributed by atoms with Crippen molar-refractivity contribution in [1.29, 1.82) is 0 Å². The van der Waals surface area contributed by atoms with Gasteiger partial charge >= 0.3 is 0 Å². The average molecular weight is 581 g/mol. The zero-order chi connectivity index (χ0) is 30.3. The second-order valence-electron chi connectivity index (χ2n) is 15.0. The van der Waals surface area contributed by atoms with Crippen LogP contribution in [-0.2, 0) is 31.1 Å². The number of benzene rings is 4. The average Bonchev–Trinajstić information content (AvgIpc) is 3.57. The maximum atomic E-state index is 2.46. The summed E-state index contributed by atoms with van der Waals surface area (Å²) in [6.45, 7) is 9.13. The molecule has 4 aliphatic rings. The number of fused-ring (bicyclic) bond motifs is 2. The van der Waals surface area contributed by atoms with Gasteiger partial charge in [0, 0.05) is 5.41 Å². The Bertz CT molecular complexity index is 1500. The largest absolute Gasteiger partial charge is 0.0620 e. The van der Waals surface area contributed by atoms with E-state index in [2.05, 4.69) is 113 Å². The summed E-state index contributed by atoms with van der Waals surface area (Å²) in [4.78, 5) is 0. The molecule has 4 aromatic rings. The molecule has 0 nitrogen and oxygen atoms in total. The van der Waals surface area contributed by atoms with E-state index in [1.54, 1.807) is 33.4 Å². The van der Waals surface area contributed by atoms with Gasteiger partial charge in [-0.05, 0) is 152 Å². The SMILES string of the molecule is Cc1cccc2c1C[C@@H]1CCC[C@H]3Cc4c(C)cccc4C213.Cc1ccccc1C[C@@H]1CCC[C@@H](Cc2ccccc2C)C1. The molecule has 0 saturated heterocycles. The first-order valence-corrected chi connectivity index (χ1v) is 17.7. The van der Waals surface area contributed by atoms with E-state index < -0.39 is 0 Å². The second kappa shape index (κ2) is 12.3. The Hall–Kier alpha value is -3.12. The summed E-state index contributed by atoms with van der Waals surface area (Å²) in [6, 6.07) is 32.0. The first kappa shape index (κ1) is 29.6. The van der Waals surface area contributed by atoms with Gasteiger partial charge in [0.2, 0.25) is 0 Å². The smallest absolute Gasteiger partial charge is 0.0271 e. The Labute approximate surface area is 267 Å². The Morgan fingerprint density at radius 1 is 0.500 bits per heavy atom. The third-order valence-corrected chi connectivity index (χ3v) is 12.4. The molecule has 0 unspecified atom stereocenters. The molecule has 0 N–H and O–H groups in total. The summed E-state index contributed by atoms with van der Waals surface area (Å²) < 4.78 is 0. The van der Waals surface area contributed by atoms with Gasteiger partial charge in [-0.1, -0.05) is 111 Å². The molecular formula is C44H52. The van der Waals surface area contributed by atoms with Crippen LogP contribution in [0.2, 0.25) is 0 Å². The molecule has 228 valence electrons. The van der Waals surface area contributed by atoms with Crippen LogP contribution in [0.25, 0.3) is 0 Å². The van der Waals surface area contributed by atoms with E-state index in [0.717, 1.165) is 23.7 Å². The predicted octanol–water partition coefficient (Wildman–Crippen LogP) is 11.0. The lowest BCUT2D eigenvalue weighted by molar-refractivity contribution is 0.176. The number of rotatable bonds is 4. The van der Waals surface area contributed by atoms with E-state index in [4.69, 9.17) is 0 Å². The standard InChI is InChI=1S/C22H24.C22H28/c1-14-6-3-10-20-18(14)12-16-8-5-9-17-13-19-15(2)7-4-11-21(19)22(16,17)20;1-17-8-3-5-12-21(17)15-19-10-7-11-20(14-19)16-22-13-6-4-9-18(22)2/h3-4,6-7,10-11,16-17H,5,8-9,12-13H2,1-2H3;3-6,8-9,12-13,19-20H,7,10-11,14-16H2,1-2H3/t16-,17-,22?;19-,20-/m01/s1. The van der Waals surface area contributed by atoms with E-state index >= 15 is 0 Å². The van der Waals surface area contributed by atoms with Crippen molar-refractivity contribution in [2.24, 2.45) is 23.7 Å². The fourth-order valence-electron chi connectivity index (χ4n) is 10.2. The van der Waals surface area contributed by atoms with E-state index in [0.29, 0.717) is 5.41 Å². The van der Waals surface area contributed by atoms with Crippen LogP contribution in [0, 0.1) is 51.4 Å². The molecule has 0 heterocycles. The lowest BCUT2D eigenvalue weighted by Gasteiger charge is -2.43. The molecule has 44 heavy (non-hydrogen) atoms. The van der Waals surface area contributed by atoms with Gasteiger partial charge in [0.05, 0.1) is 0 Å². The lowest BCUT2D eigenvalue weighted by Crippen LogP contribution is -2.40. The van der Waals surface area contributed by atoms with Crippen LogP contribution in [0.4, 0.5) is 0 Å². The molecule has 4 atom stereocenters. The minimum Gasteiger partial charge on any atom is -0.0620 e. The summed E-state index contributed by atoms with van der Waals surface area (Å²) in [6.07, 6.45) is 15.1. The Balaban J connectivity index is 0.000000142. The Kier molecular flexibility index (Phi) is 8.30. The highest BCUT2D eigenvalue weighted by atomic mass is 14.6. The fraction of sp³-hybridized carbons (Fsp3) is 0.455. The molecule has 0 amide bonds. The monoisotopic (exact) mass is 580 g/mol. The number of aryl methyl sites for hydroxylation is 4. The fourth-order valence-corrected chi connectivity index (χ4v) is 10.2. The highest BCUT2D eigenvalue weighted by Crippen LogP contribution is 2.63. The quantitative estimate of drug-likeness (QED) is 0.225. The van der Waals surface area contributed by atoms with E-state index in [-0.39, 0.29) is 0 Å². The number of hydrogen-bond donors (Lipinski definition) is 0. The van der Waals surface area contributed by atoms with E-state index in [1.807, 2.05) is 0 Å². The summed E-state index contributed by atoms with van der Waals surface area (Å²) in [5.41, 5.74) is 16.1. The van der Waals surface area contributed by atoms with Gasteiger partial charge < -0.3 is 0 Å². The molecule has 0 aromatic heterocycles. The zero-order valence-electron chi connectivity index (χ0n) is 27.7. The van der Waals surface area contributed by atoms with Gasteiger partial charge in [0.1, 0.15) is 0 Å². The van der Waals surface area contributed by atoms with Crippen molar-refractivity contribution >= 4 is 0 Å². The maximum Gasteiger partial charge on any atom is 0.0271 e. The van der Waals surface area contributed by atoms with Crippen molar-refractivity contribution < 1.29 is 0 Å². The summed E-state index contributed by atoms with van der Waals surface area (Å²) in [5.74, 6) is 3.43. The third-order valence-electron chi connectivity index (χ3n) is 12.4. The minimum atomic E-state index is 0.348. The summed E-state index contributed by atoms with van der Waals surface area (Å²) in [7, 11) is 0. The molecule has 0 bridgehead atoms. The molecule has 4 aromatic carbocycles. The third kappa shape index (κ3) is 5.27. The van der Waals surface area contributed by atoms with Crippen LogP contribution >= 0.6 is 0 Å². The van der Waals surface area contributed by atoms with Crippen molar-refractivity contribution in [3.63, 3.8) is 0 Å². The van der Waals surface area contributed by atoms with Crippen LogP contribution in [0.5, 0.6) is 0 Å². The molecule has 2 saturated carbocycles. The minimum absolute atomic E-state index is 0.348. The van der Waals surface area contributed by atoms with Crippen LogP contribution in [0.1, 0.15) is 101 Å². The zero-order valence-corrected chi connectivity index (χ0v) is 27.7. The van der Waals surface area contributed by atoms with Crippen LogP contribution in [0.3, 0.4) is 0 Å². The lowest BCUT2D eigenvalue weighted by atomic mass is 9.59. The summed E-state index contributed by atoms with van der Waals surface area (Å²) in [5, 5.41) is 0.